The molecule has 1 amide bonds. The van der Waals surface area contributed by atoms with Gasteiger partial charge in [0.15, 0.2) is 5.69 Å². The minimum absolute atomic E-state index is 0.468. The summed E-state index contributed by atoms with van der Waals surface area (Å²) in [7, 11) is -3.29. The summed E-state index contributed by atoms with van der Waals surface area (Å²) in [6, 6.07) is 3.42. The molecule has 23 heavy (non-hydrogen) atoms. The third kappa shape index (κ3) is 3.67. The van der Waals surface area contributed by atoms with Gasteiger partial charge in [0.2, 0.25) is 0 Å². The number of carbonyl (C=O) groups excluding carboxylic acids is 1. The lowest BCUT2D eigenvalue weighted by Crippen LogP contribution is -2.31. The molecule has 0 bridgehead atoms. The molecular weight excluding hydrogens is 342 g/mol. The van der Waals surface area contributed by atoms with Crippen molar-refractivity contribution in [2.45, 2.75) is 11.1 Å². The van der Waals surface area contributed by atoms with Gasteiger partial charge in [-0.05, 0) is 24.3 Å². The minimum atomic E-state index is -4.92. The quantitative estimate of drug-likeness (QED) is 0.854. The van der Waals surface area contributed by atoms with E-state index in [2.05, 4.69) is 5.10 Å². The lowest BCUT2D eigenvalue weighted by Gasteiger charge is -2.08. The van der Waals surface area contributed by atoms with Gasteiger partial charge >= 0.3 is 6.18 Å². The van der Waals surface area contributed by atoms with E-state index in [4.69, 9.17) is 0 Å². The van der Waals surface area contributed by atoms with Crippen molar-refractivity contribution in [2.24, 2.45) is 7.05 Å². The van der Waals surface area contributed by atoms with E-state index in [0.717, 1.165) is 42.2 Å². The molecule has 11 heteroatoms. The van der Waals surface area contributed by atoms with Crippen molar-refractivity contribution in [3.05, 3.63) is 47.5 Å². The molecule has 0 aliphatic rings. The van der Waals surface area contributed by atoms with Crippen molar-refractivity contribution < 1.29 is 30.8 Å². The van der Waals surface area contributed by atoms with E-state index in [9.17, 15) is 30.8 Å². The molecular formula is C12H9F4N3O3S. The standard InChI is InChI=1S/C12H9F4N3O3S/c1-19-6-9(10(17-19)12(14,15)16)11(20)18-23(21,22)8-4-2-7(13)3-5-8/h2-6H,1H3,(H,18,20). The zero-order valence-corrected chi connectivity index (χ0v) is 12.2. The highest BCUT2D eigenvalue weighted by molar-refractivity contribution is 7.90. The molecule has 0 unspecified atom stereocenters. The van der Waals surface area contributed by atoms with Crippen molar-refractivity contribution in [1.29, 1.82) is 0 Å². The van der Waals surface area contributed by atoms with Crippen LogP contribution in [0.25, 0.3) is 0 Å². The Hall–Kier alpha value is -2.43. The van der Waals surface area contributed by atoms with Gasteiger partial charge in [0.05, 0.1) is 10.5 Å². The highest BCUT2D eigenvalue weighted by atomic mass is 32.2. The van der Waals surface area contributed by atoms with Crippen LogP contribution < -0.4 is 4.72 Å². The summed E-state index contributed by atoms with van der Waals surface area (Å²) < 4.78 is 77.2. The lowest BCUT2D eigenvalue weighted by molar-refractivity contribution is -0.141. The Balaban J connectivity index is 2.34. The van der Waals surface area contributed by atoms with Crippen LogP contribution >= 0.6 is 0 Å². The molecule has 0 radical (unpaired) electrons. The summed E-state index contributed by atoms with van der Waals surface area (Å²) in [5.41, 5.74) is -2.45. The molecule has 1 heterocycles. The smallest absolute Gasteiger partial charge is 0.274 e. The number of nitrogens with zero attached hydrogens (tertiary/aromatic N) is 2. The van der Waals surface area contributed by atoms with E-state index < -0.39 is 44.1 Å². The van der Waals surface area contributed by atoms with E-state index in [1.807, 2.05) is 0 Å². The Morgan fingerprint density at radius 1 is 1.22 bits per heavy atom. The van der Waals surface area contributed by atoms with Gasteiger partial charge in [-0.15, -0.1) is 0 Å². The van der Waals surface area contributed by atoms with Crippen LogP contribution in [0.3, 0.4) is 0 Å². The van der Waals surface area contributed by atoms with Crippen LogP contribution in [0.4, 0.5) is 17.6 Å². The third-order valence-electron chi connectivity index (χ3n) is 2.69. The molecule has 0 saturated carbocycles. The molecule has 0 atom stereocenters. The largest absolute Gasteiger partial charge is 0.435 e. The van der Waals surface area contributed by atoms with Crippen molar-refractivity contribution in [3.63, 3.8) is 0 Å². The summed E-state index contributed by atoms with van der Waals surface area (Å²) in [5.74, 6) is -2.20. The minimum Gasteiger partial charge on any atom is -0.274 e. The van der Waals surface area contributed by atoms with Gasteiger partial charge in [0.25, 0.3) is 15.9 Å². The summed E-state index contributed by atoms with van der Waals surface area (Å²) in [6.07, 6.45) is -4.17. The lowest BCUT2D eigenvalue weighted by atomic mass is 10.2. The SMILES string of the molecule is Cn1cc(C(=O)NS(=O)(=O)c2ccc(F)cc2)c(C(F)(F)F)n1. The zero-order chi connectivity index (χ0) is 17.4. The Morgan fingerprint density at radius 3 is 2.30 bits per heavy atom. The van der Waals surface area contributed by atoms with Crippen LogP contribution in [0.5, 0.6) is 0 Å². The second kappa shape index (κ2) is 5.65. The fraction of sp³-hybridized carbons (Fsp3) is 0.167. The number of aromatic nitrogens is 2. The molecule has 0 spiro atoms. The van der Waals surface area contributed by atoms with E-state index >= 15 is 0 Å². The van der Waals surface area contributed by atoms with Gasteiger partial charge in [-0.25, -0.2) is 17.5 Å². The number of hydrogen-bond donors (Lipinski definition) is 1. The number of alkyl halides is 3. The van der Waals surface area contributed by atoms with Crippen molar-refractivity contribution >= 4 is 15.9 Å². The average Bonchev–Trinajstić information content (AvgIpc) is 2.81. The number of rotatable bonds is 3. The topological polar surface area (TPSA) is 81.1 Å². The van der Waals surface area contributed by atoms with Gasteiger partial charge in [0.1, 0.15) is 5.82 Å². The van der Waals surface area contributed by atoms with Crippen molar-refractivity contribution in [1.82, 2.24) is 14.5 Å². The second-order valence-electron chi connectivity index (χ2n) is 4.45. The number of carbonyl (C=O) groups is 1. The van der Waals surface area contributed by atoms with Crippen molar-refractivity contribution in [2.75, 3.05) is 0 Å². The van der Waals surface area contributed by atoms with E-state index in [1.54, 1.807) is 0 Å². The maximum atomic E-state index is 12.8. The van der Waals surface area contributed by atoms with Crippen LogP contribution in [-0.4, -0.2) is 24.1 Å². The Labute approximate surface area is 127 Å². The Morgan fingerprint density at radius 2 is 1.78 bits per heavy atom. The van der Waals surface area contributed by atoms with Crippen LogP contribution in [0.15, 0.2) is 35.4 Å². The summed E-state index contributed by atoms with van der Waals surface area (Å²) in [4.78, 5) is 11.4. The number of amides is 1. The first-order chi connectivity index (χ1) is 10.5. The number of halogens is 4. The maximum absolute atomic E-state index is 12.8. The predicted molar refractivity (Wildman–Crippen MR) is 69.3 cm³/mol. The molecule has 2 aromatic rings. The molecule has 0 saturated heterocycles. The summed E-state index contributed by atoms with van der Waals surface area (Å²) in [6.45, 7) is 0. The Kier molecular flexibility index (Phi) is 4.16. The van der Waals surface area contributed by atoms with Crippen LogP contribution in [0.2, 0.25) is 0 Å². The predicted octanol–water partition coefficient (Wildman–Crippen LogP) is 1.70. The van der Waals surface area contributed by atoms with Crippen LogP contribution in [0, 0.1) is 5.82 Å². The van der Waals surface area contributed by atoms with E-state index in [1.165, 1.54) is 4.72 Å². The van der Waals surface area contributed by atoms with Gasteiger partial charge in [-0.2, -0.15) is 18.3 Å². The second-order valence-corrected chi connectivity index (χ2v) is 6.13. The fourth-order valence-corrected chi connectivity index (χ4v) is 2.68. The van der Waals surface area contributed by atoms with Gasteiger partial charge in [-0.3, -0.25) is 9.48 Å². The summed E-state index contributed by atoms with van der Waals surface area (Å²) >= 11 is 0. The van der Waals surface area contributed by atoms with Gasteiger partial charge in [-0.1, -0.05) is 0 Å². The molecule has 0 aliphatic carbocycles. The monoisotopic (exact) mass is 351 g/mol. The van der Waals surface area contributed by atoms with Crippen LogP contribution in [0.1, 0.15) is 16.1 Å². The van der Waals surface area contributed by atoms with Crippen LogP contribution in [-0.2, 0) is 23.2 Å². The van der Waals surface area contributed by atoms with E-state index in [0.29, 0.717) is 0 Å². The molecule has 0 aliphatic heterocycles. The number of aryl methyl sites for hydroxylation is 1. The van der Waals surface area contributed by atoms with Gasteiger partial charge < -0.3 is 0 Å². The molecule has 1 aromatic heterocycles. The fourth-order valence-electron chi connectivity index (χ4n) is 1.71. The number of sulfonamides is 1. The highest BCUT2D eigenvalue weighted by Gasteiger charge is 2.39. The van der Waals surface area contributed by atoms with Crippen molar-refractivity contribution in [3.8, 4) is 0 Å². The van der Waals surface area contributed by atoms with Gasteiger partial charge in [0, 0.05) is 13.2 Å². The van der Waals surface area contributed by atoms with E-state index in [-0.39, 0.29) is 0 Å². The first-order valence-corrected chi connectivity index (χ1v) is 7.42. The zero-order valence-electron chi connectivity index (χ0n) is 11.4. The number of benzene rings is 1. The average molecular weight is 351 g/mol. The molecule has 1 N–H and O–H groups in total. The normalized spacial score (nSPS) is 12.2. The molecule has 1 aromatic carbocycles. The molecule has 6 nitrogen and oxygen atoms in total. The molecule has 124 valence electrons. The molecule has 2 rings (SSSR count). The first-order valence-electron chi connectivity index (χ1n) is 5.94. The summed E-state index contributed by atoms with van der Waals surface area (Å²) in [5, 5.41) is 3.10. The Bertz CT molecular complexity index is 841. The number of nitrogens with one attached hydrogen (secondary N) is 1. The highest BCUT2D eigenvalue weighted by Crippen LogP contribution is 2.30. The number of hydrogen-bond acceptors (Lipinski definition) is 4. The molecule has 0 fully saturated rings. The maximum Gasteiger partial charge on any atom is 0.435 e. The first kappa shape index (κ1) is 16.9. The third-order valence-corrected chi connectivity index (χ3v) is 4.04.